The van der Waals surface area contributed by atoms with Gasteiger partial charge in [0.1, 0.15) is 11.6 Å². The van der Waals surface area contributed by atoms with Crippen LogP contribution < -0.4 is 25.8 Å². The normalized spacial score (nSPS) is 14.6. The zero-order chi connectivity index (χ0) is 29.8. The van der Waals surface area contributed by atoms with Crippen molar-refractivity contribution in [1.29, 1.82) is 0 Å². The van der Waals surface area contributed by atoms with Crippen LogP contribution >= 0.6 is 0 Å². The molecule has 0 atom stereocenters. The number of likely N-dealkylation sites (N-methyl/N-ethyl adjacent to an activating group) is 1. The number of hydrogen-bond acceptors (Lipinski definition) is 9. The highest BCUT2D eigenvalue weighted by atomic mass is 16.5. The molecule has 11 nitrogen and oxygen atoms in total. The fourth-order valence-corrected chi connectivity index (χ4v) is 5.11. The Labute approximate surface area is 239 Å². The van der Waals surface area contributed by atoms with Gasteiger partial charge in [-0.05, 0) is 49.4 Å². The highest BCUT2D eigenvalue weighted by Gasteiger charge is 2.29. The Bertz CT molecular complexity index is 1090. The van der Waals surface area contributed by atoms with E-state index in [-0.39, 0.29) is 23.1 Å². The molecule has 4 N–H and O–H groups in total. The average Bonchev–Trinajstić information content (AvgIpc) is 3.14. The van der Waals surface area contributed by atoms with Crippen molar-refractivity contribution in [3.8, 4) is 5.75 Å². The molecule has 0 bridgehead atoms. The summed E-state index contributed by atoms with van der Waals surface area (Å²) in [6.07, 6.45) is 3.92. The number of aromatic nitrogens is 2. The van der Waals surface area contributed by atoms with E-state index in [1.807, 2.05) is 18.2 Å². The molecular weight excluding hydrogens is 510 g/mol. The second-order valence-electron chi connectivity index (χ2n) is 12.0. The Balaban J connectivity index is 0.00000131. The van der Waals surface area contributed by atoms with Gasteiger partial charge >= 0.3 is 0 Å². The number of nitrogens with one attached hydrogen (secondary N) is 3. The third kappa shape index (κ3) is 10.8. The Hall–Kier alpha value is -3.18. The lowest BCUT2D eigenvalue weighted by Gasteiger charge is -2.34. The van der Waals surface area contributed by atoms with Crippen LogP contribution in [0.15, 0.2) is 18.2 Å². The van der Waals surface area contributed by atoms with Crippen LogP contribution in [0.25, 0.3) is 10.9 Å². The minimum Gasteiger partial charge on any atom is -0.497 e. The van der Waals surface area contributed by atoms with Gasteiger partial charge in [-0.15, -0.1) is 0 Å². The highest BCUT2D eigenvalue weighted by molar-refractivity contribution is 5.91. The minimum absolute atomic E-state index is 0.0327. The van der Waals surface area contributed by atoms with Crippen molar-refractivity contribution in [2.75, 3.05) is 63.6 Å². The number of methoxy groups -OCH3 is 1. The molecule has 0 aliphatic carbocycles. The molecule has 0 radical (unpaired) electrons. The molecule has 11 heteroatoms. The maximum absolute atomic E-state index is 12.7. The predicted molar refractivity (Wildman–Crippen MR) is 160 cm³/mol. The lowest BCUT2D eigenvalue weighted by atomic mass is 9.72. The maximum Gasteiger partial charge on any atom is 0.230 e. The molecule has 1 aromatic heterocycles. The van der Waals surface area contributed by atoms with E-state index in [0.29, 0.717) is 19.5 Å². The van der Waals surface area contributed by atoms with E-state index < -0.39 is 0 Å². The van der Waals surface area contributed by atoms with Gasteiger partial charge in [0, 0.05) is 50.6 Å². The lowest BCUT2D eigenvalue weighted by Crippen LogP contribution is -2.34. The molecule has 2 amide bonds. The van der Waals surface area contributed by atoms with Crippen molar-refractivity contribution in [3.63, 3.8) is 0 Å². The molecule has 3 rings (SSSR count). The molecule has 2 aromatic rings. The number of amides is 2. The number of nitrogens with zero attached hydrogens (tertiary/aromatic N) is 4. The van der Waals surface area contributed by atoms with E-state index in [2.05, 4.69) is 62.1 Å². The van der Waals surface area contributed by atoms with Crippen LogP contribution in [0.5, 0.6) is 5.75 Å². The molecular formula is C29H49N7O4. The van der Waals surface area contributed by atoms with Gasteiger partial charge in [-0.1, -0.05) is 41.0 Å². The molecule has 0 unspecified atom stereocenters. The third-order valence-electron chi connectivity index (χ3n) is 7.24. The Kier molecular flexibility index (Phi) is 12.9. The number of ether oxygens (including phenoxy) is 1. The summed E-state index contributed by atoms with van der Waals surface area (Å²) in [5, 5.41) is 14.7. The fraction of sp³-hybridized carbons (Fsp3) is 0.655. The van der Waals surface area contributed by atoms with Crippen LogP contribution in [0.4, 0.5) is 11.8 Å². The van der Waals surface area contributed by atoms with Gasteiger partial charge in [0.2, 0.25) is 18.3 Å². The molecule has 1 fully saturated rings. The number of anilines is 2. The Morgan fingerprint density at radius 2 is 1.82 bits per heavy atom. The van der Waals surface area contributed by atoms with E-state index in [9.17, 15) is 4.79 Å². The zero-order valence-electron chi connectivity index (χ0n) is 25.3. The first kappa shape index (κ1) is 33.0. The summed E-state index contributed by atoms with van der Waals surface area (Å²) in [4.78, 5) is 35.9. The summed E-state index contributed by atoms with van der Waals surface area (Å²) in [5.74, 6) is 2.39. The average molecular weight is 560 g/mol. The lowest BCUT2D eigenvalue weighted by molar-refractivity contribution is -0.123. The summed E-state index contributed by atoms with van der Waals surface area (Å²) >= 11 is 0. The quantitative estimate of drug-likeness (QED) is 0.133. The Morgan fingerprint density at radius 3 is 2.48 bits per heavy atom. The van der Waals surface area contributed by atoms with Gasteiger partial charge in [-0.3, -0.25) is 14.8 Å². The smallest absolute Gasteiger partial charge is 0.230 e. The van der Waals surface area contributed by atoms with Crippen LogP contribution in [0.3, 0.4) is 0 Å². The predicted octanol–water partition coefficient (Wildman–Crippen LogP) is 3.67. The number of hydrogen-bond donors (Lipinski definition) is 4. The van der Waals surface area contributed by atoms with Crippen molar-refractivity contribution in [2.45, 2.75) is 60.3 Å². The summed E-state index contributed by atoms with van der Waals surface area (Å²) < 4.78 is 5.43. The molecule has 40 heavy (non-hydrogen) atoms. The maximum atomic E-state index is 12.7. The van der Waals surface area contributed by atoms with Crippen molar-refractivity contribution >= 4 is 35.0 Å². The van der Waals surface area contributed by atoms with Crippen LogP contribution in [0.2, 0.25) is 0 Å². The fourth-order valence-electron chi connectivity index (χ4n) is 5.11. The highest BCUT2D eigenvalue weighted by Crippen LogP contribution is 2.38. The van der Waals surface area contributed by atoms with Gasteiger partial charge < -0.3 is 25.2 Å². The molecule has 2 heterocycles. The summed E-state index contributed by atoms with van der Waals surface area (Å²) in [6, 6.07) is 5.88. The van der Waals surface area contributed by atoms with Crippen LogP contribution in [-0.4, -0.2) is 85.8 Å². The van der Waals surface area contributed by atoms with Crippen molar-refractivity contribution < 1.29 is 19.5 Å². The SMILES string of the molecule is CCC(C)(C)CC(C)(C)CC(=O)NCCNc1nc(N2CCCN(C)CC2)nc2cc(OC)ccc12.O=CNO. The molecule has 0 saturated carbocycles. The summed E-state index contributed by atoms with van der Waals surface area (Å²) in [6.45, 7) is 16.2. The van der Waals surface area contributed by atoms with Gasteiger partial charge in [0.25, 0.3) is 0 Å². The molecule has 1 aliphatic rings. The van der Waals surface area contributed by atoms with E-state index in [4.69, 9.17) is 24.7 Å². The van der Waals surface area contributed by atoms with Gasteiger partial charge in [0.15, 0.2) is 0 Å². The summed E-state index contributed by atoms with van der Waals surface area (Å²) in [5.41, 5.74) is 2.31. The number of benzene rings is 1. The van der Waals surface area contributed by atoms with Crippen molar-refractivity contribution in [1.82, 2.24) is 25.7 Å². The number of rotatable bonds is 12. The van der Waals surface area contributed by atoms with Gasteiger partial charge in [-0.2, -0.15) is 4.98 Å². The number of fused-ring (bicyclic) bond motifs is 1. The molecule has 1 aromatic carbocycles. The zero-order valence-corrected chi connectivity index (χ0v) is 25.3. The van der Waals surface area contributed by atoms with Crippen LogP contribution in [-0.2, 0) is 9.59 Å². The topological polar surface area (TPSA) is 132 Å². The van der Waals surface area contributed by atoms with Crippen molar-refractivity contribution in [2.24, 2.45) is 10.8 Å². The number of carbonyl (C=O) groups excluding carboxylic acids is 2. The second kappa shape index (κ2) is 15.6. The van der Waals surface area contributed by atoms with E-state index >= 15 is 0 Å². The first-order chi connectivity index (χ1) is 18.9. The molecule has 1 saturated heterocycles. The number of carbonyl (C=O) groups is 2. The second-order valence-corrected chi connectivity index (χ2v) is 12.0. The monoisotopic (exact) mass is 559 g/mol. The molecule has 0 spiro atoms. The number of hydroxylamine groups is 1. The standard InChI is InChI=1S/C28H46N6O2.CH3NO2/c1-8-27(2,3)20-28(4,5)19-24(35)29-12-13-30-25-22-11-10-21(36-7)18-23(22)31-26(32-25)34-15-9-14-33(6)16-17-34;3-1-2-4/h10-11,18H,8-9,12-17,19-20H2,1-7H3,(H,29,35)(H,30,31,32);1,4H,(H,2,3). The van der Waals surface area contributed by atoms with E-state index in [1.165, 1.54) is 5.48 Å². The van der Waals surface area contributed by atoms with Gasteiger partial charge in [0.05, 0.1) is 12.6 Å². The van der Waals surface area contributed by atoms with E-state index in [1.54, 1.807) is 7.11 Å². The third-order valence-corrected chi connectivity index (χ3v) is 7.24. The minimum atomic E-state index is -0.0327. The first-order valence-electron chi connectivity index (χ1n) is 14.1. The van der Waals surface area contributed by atoms with Crippen LogP contribution in [0, 0.1) is 10.8 Å². The van der Waals surface area contributed by atoms with E-state index in [0.717, 1.165) is 73.9 Å². The Morgan fingerprint density at radius 1 is 1.10 bits per heavy atom. The molecule has 224 valence electrons. The largest absolute Gasteiger partial charge is 0.497 e. The first-order valence-corrected chi connectivity index (χ1v) is 14.1. The summed E-state index contributed by atoms with van der Waals surface area (Å²) in [7, 11) is 3.82. The van der Waals surface area contributed by atoms with Crippen LogP contribution in [0.1, 0.15) is 60.3 Å². The molecule has 1 aliphatic heterocycles. The van der Waals surface area contributed by atoms with Crippen molar-refractivity contribution in [3.05, 3.63) is 18.2 Å². The van der Waals surface area contributed by atoms with Gasteiger partial charge in [-0.25, -0.2) is 10.5 Å².